The van der Waals surface area contributed by atoms with E-state index >= 15 is 0 Å². The van der Waals surface area contributed by atoms with E-state index in [0.29, 0.717) is 11.0 Å². The largest absolute Gasteiger partial charge is 0.506 e. The monoisotopic (exact) mass is 261 g/mol. The lowest BCUT2D eigenvalue weighted by atomic mass is 10.1. The average molecular weight is 261 g/mol. The summed E-state index contributed by atoms with van der Waals surface area (Å²) in [5.74, 6) is 0.171. The van der Waals surface area contributed by atoms with Crippen LogP contribution in [0.25, 0.3) is 11.0 Å². The van der Waals surface area contributed by atoms with E-state index in [2.05, 4.69) is 16.8 Å². The third-order valence-corrected chi connectivity index (χ3v) is 4.01. The molecular weight excluding hydrogens is 242 g/mol. The number of hydrogen-bond donors (Lipinski definition) is 2. The van der Waals surface area contributed by atoms with Crippen LogP contribution in [0.5, 0.6) is 5.75 Å². The summed E-state index contributed by atoms with van der Waals surface area (Å²) in [6, 6.07) is 5.35. The molecule has 5 heteroatoms. The first-order chi connectivity index (χ1) is 9.20. The first kappa shape index (κ1) is 12.3. The minimum atomic E-state index is -0.126. The number of aromatic nitrogens is 2. The molecule has 0 amide bonds. The summed E-state index contributed by atoms with van der Waals surface area (Å²) in [5, 5.41) is 10.0. The molecule has 0 saturated carbocycles. The van der Waals surface area contributed by atoms with Gasteiger partial charge in [-0.3, -0.25) is 4.57 Å². The number of nitrogens with one attached hydrogen (secondary N) is 1. The van der Waals surface area contributed by atoms with Crippen molar-refractivity contribution >= 4 is 11.0 Å². The lowest BCUT2D eigenvalue weighted by Crippen LogP contribution is -2.39. The third kappa shape index (κ3) is 2.04. The van der Waals surface area contributed by atoms with Crippen LogP contribution in [0.1, 0.15) is 25.8 Å². The lowest BCUT2D eigenvalue weighted by Gasteiger charge is -2.32. The molecule has 102 valence electrons. The van der Waals surface area contributed by atoms with Crippen LogP contribution < -0.4 is 5.69 Å². The summed E-state index contributed by atoms with van der Waals surface area (Å²) in [4.78, 5) is 17.3. The number of para-hydroxylation sites is 1. The number of rotatable bonds is 2. The van der Waals surface area contributed by atoms with Gasteiger partial charge in [-0.2, -0.15) is 0 Å². The van der Waals surface area contributed by atoms with Gasteiger partial charge >= 0.3 is 5.69 Å². The maximum Gasteiger partial charge on any atom is 0.326 e. The zero-order valence-electron chi connectivity index (χ0n) is 11.1. The maximum absolute atomic E-state index is 12.2. The highest BCUT2D eigenvalue weighted by atomic mass is 16.3. The molecule has 2 heterocycles. The zero-order valence-corrected chi connectivity index (χ0v) is 11.1. The Morgan fingerprint density at radius 1 is 1.47 bits per heavy atom. The van der Waals surface area contributed by atoms with Crippen molar-refractivity contribution in [1.82, 2.24) is 14.5 Å². The minimum Gasteiger partial charge on any atom is -0.506 e. The normalized spacial score (nSPS) is 21.0. The van der Waals surface area contributed by atoms with Crippen LogP contribution in [-0.4, -0.2) is 39.2 Å². The van der Waals surface area contributed by atoms with E-state index in [1.165, 1.54) is 0 Å². The Morgan fingerprint density at radius 3 is 3.11 bits per heavy atom. The number of benzene rings is 1. The van der Waals surface area contributed by atoms with Gasteiger partial charge in [0, 0.05) is 6.54 Å². The number of imidazole rings is 1. The Morgan fingerprint density at radius 2 is 2.32 bits per heavy atom. The quantitative estimate of drug-likeness (QED) is 0.865. The lowest BCUT2D eigenvalue weighted by molar-refractivity contribution is 0.185. The minimum absolute atomic E-state index is 0.126. The van der Waals surface area contributed by atoms with Crippen molar-refractivity contribution in [3.63, 3.8) is 0 Å². The van der Waals surface area contributed by atoms with Gasteiger partial charge < -0.3 is 15.0 Å². The number of piperidine rings is 1. The predicted octanol–water partition coefficient (Wildman–Crippen LogP) is 1.69. The van der Waals surface area contributed by atoms with Crippen molar-refractivity contribution in [3.05, 3.63) is 28.7 Å². The fourth-order valence-electron chi connectivity index (χ4n) is 3.04. The van der Waals surface area contributed by atoms with Crippen molar-refractivity contribution in [2.75, 3.05) is 19.6 Å². The fourth-order valence-corrected chi connectivity index (χ4v) is 3.04. The molecule has 1 aliphatic heterocycles. The van der Waals surface area contributed by atoms with Crippen molar-refractivity contribution < 1.29 is 5.11 Å². The summed E-state index contributed by atoms with van der Waals surface area (Å²) in [6.07, 6.45) is 2.07. The number of phenolic OH excluding ortho intramolecular Hbond substituents is 1. The second kappa shape index (κ2) is 4.74. The van der Waals surface area contributed by atoms with E-state index in [0.717, 1.165) is 32.5 Å². The Labute approximate surface area is 111 Å². The van der Waals surface area contributed by atoms with Crippen LogP contribution in [0.15, 0.2) is 23.0 Å². The van der Waals surface area contributed by atoms with Gasteiger partial charge in [-0.25, -0.2) is 4.79 Å². The number of aromatic hydroxyl groups is 1. The molecule has 3 rings (SSSR count). The molecule has 1 aromatic heterocycles. The number of likely N-dealkylation sites (N-methyl/N-ethyl adjacent to an activating group) is 1. The van der Waals surface area contributed by atoms with Crippen LogP contribution in [0, 0.1) is 0 Å². The highest BCUT2D eigenvalue weighted by Crippen LogP contribution is 2.28. The molecule has 0 radical (unpaired) electrons. The first-order valence-electron chi connectivity index (χ1n) is 6.85. The molecular formula is C14H19N3O2. The molecule has 0 aliphatic carbocycles. The molecule has 1 atom stereocenters. The number of likely N-dealkylation sites (tertiary alicyclic amines) is 1. The zero-order chi connectivity index (χ0) is 13.4. The predicted molar refractivity (Wildman–Crippen MR) is 74.6 cm³/mol. The van der Waals surface area contributed by atoms with Gasteiger partial charge in [-0.1, -0.05) is 13.0 Å². The Hall–Kier alpha value is -1.75. The molecule has 2 N–H and O–H groups in total. The van der Waals surface area contributed by atoms with E-state index in [1.807, 2.05) is 6.07 Å². The second-order valence-corrected chi connectivity index (χ2v) is 5.16. The van der Waals surface area contributed by atoms with Crippen molar-refractivity contribution in [3.8, 4) is 5.75 Å². The fraction of sp³-hybridized carbons (Fsp3) is 0.500. The van der Waals surface area contributed by atoms with Gasteiger partial charge in [-0.05, 0) is 38.1 Å². The smallest absolute Gasteiger partial charge is 0.326 e. The molecule has 1 aliphatic rings. The van der Waals surface area contributed by atoms with Crippen LogP contribution in [0.2, 0.25) is 0 Å². The van der Waals surface area contributed by atoms with Gasteiger partial charge in [0.25, 0.3) is 0 Å². The molecule has 1 fully saturated rings. The highest BCUT2D eigenvalue weighted by Gasteiger charge is 2.24. The molecule has 19 heavy (non-hydrogen) atoms. The van der Waals surface area contributed by atoms with E-state index in [4.69, 9.17) is 0 Å². The molecule has 1 unspecified atom stereocenters. The van der Waals surface area contributed by atoms with Gasteiger partial charge in [0.2, 0.25) is 0 Å². The molecule has 5 nitrogen and oxygen atoms in total. The topological polar surface area (TPSA) is 61.3 Å². The maximum atomic E-state index is 12.2. The molecule has 1 saturated heterocycles. The molecule has 2 aromatic rings. The number of aromatic amines is 1. The Kier molecular flexibility index (Phi) is 3.06. The summed E-state index contributed by atoms with van der Waals surface area (Å²) in [7, 11) is 0. The summed E-state index contributed by atoms with van der Waals surface area (Å²) in [6.45, 7) is 5.10. The van der Waals surface area contributed by atoms with E-state index < -0.39 is 0 Å². The van der Waals surface area contributed by atoms with E-state index in [1.54, 1.807) is 16.7 Å². The van der Waals surface area contributed by atoms with Crippen LogP contribution in [0.4, 0.5) is 0 Å². The molecule has 1 aromatic carbocycles. The van der Waals surface area contributed by atoms with Gasteiger partial charge in [0.05, 0.1) is 11.6 Å². The third-order valence-electron chi connectivity index (χ3n) is 4.01. The second-order valence-electron chi connectivity index (χ2n) is 5.16. The molecule has 0 spiro atoms. The highest BCUT2D eigenvalue weighted by molar-refractivity contribution is 5.81. The summed E-state index contributed by atoms with van der Waals surface area (Å²) in [5.41, 5.74) is 1.22. The summed E-state index contributed by atoms with van der Waals surface area (Å²) >= 11 is 0. The summed E-state index contributed by atoms with van der Waals surface area (Å²) < 4.78 is 1.73. The number of nitrogens with zero attached hydrogens (tertiary/aromatic N) is 2. The van der Waals surface area contributed by atoms with Crippen molar-refractivity contribution in [2.24, 2.45) is 0 Å². The number of fused-ring (bicyclic) bond motifs is 1. The van der Waals surface area contributed by atoms with E-state index in [-0.39, 0.29) is 17.5 Å². The van der Waals surface area contributed by atoms with Crippen molar-refractivity contribution in [1.29, 1.82) is 0 Å². The van der Waals surface area contributed by atoms with Gasteiger partial charge in [0.15, 0.2) is 0 Å². The standard InChI is InChI=1S/C14H19N3O2/c1-2-16-8-4-5-10(9-16)17-13-11(15-14(17)19)6-3-7-12(13)18/h3,6-7,10,18H,2,4-5,8-9H2,1H3,(H,15,19). The SMILES string of the molecule is CCN1CCCC(n2c(=O)[nH]c3cccc(O)c32)C1. The number of phenols is 1. The van der Waals surface area contributed by atoms with Crippen LogP contribution in [-0.2, 0) is 0 Å². The van der Waals surface area contributed by atoms with Crippen LogP contribution >= 0.6 is 0 Å². The first-order valence-corrected chi connectivity index (χ1v) is 6.85. The number of H-pyrrole nitrogens is 1. The van der Waals surface area contributed by atoms with Crippen molar-refractivity contribution in [2.45, 2.75) is 25.8 Å². The molecule has 0 bridgehead atoms. The van der Waals surface area contributed by atoms with Crippen LogP contribution in [0.3, 0.4) is 0 Å². The van der Waals surface area contributed by atoms with Gasteiger partial charge in [-0.15, -0.1) is 0 Å². The van der Waals surface area contributed by atoms with E-state index in [9.17, 15) is 9.90 Å². The number of hydrogen-bond acceptors (Lipinski definition) is 3. The average Bonchev–Trinajstić information content (AvgIpc) is 2.76. The van der Waals surface area contributed by atoms with Gasteiger partial charge in [0.1, 0.15) is 11.3 Å². The Bertz CT molecular complexity index is 644. The Balaban J connectivity index is 2.09.